The molecule has 0 bridgehead atoms. The number of hydrogen-bond acceptors (Lipinski definition) is 5. The van der Waals surface area contributed by atoms with Crippen molar-refractivity contribution in [2.75, 3.05) is 0 Å². The van der Waals surface area contributed by atoms with Crippen LogP contribution in [-0.4, -0.2) is 34.7 Å². The fourth-order valence-corrected chi connectivity index (χ4v) is 4.69. The van der Waals surface area contributed by atoms with E-state index in [0.29, 0.717) is 44.6 Å². The first kappa shape index (κ1) is 21.4. The van der Waals surface area contributed by atoms with Crippen LogP contribution in [0.25, 0.3) is 50.1 Å². The van der Waals surface area contributed by atoms with Crippen LogP contribution in [-0.2, 0) is 0 Å². The summed E-state index contributed by atoms with van der Waals surface area (Å²) >= 11 is 6.37. The van der Waals surface area contributed by atoms with E-state index in [0.717, 1.165) is 27.9 Å². The van der Waals surface area contributed by atoms with Crippen molar-refractivity contribution < 1.29 is 4.39 Å². The van der Waals surface area contributed by atoms with E-state index in [1.54, 1.807) is 18.5 Å². The van der Waals surface area contributed by atoms with E-state index in [-0.39, 0.29) is 0 Å². The second kappa shape index (κ2) is 7.95. The van der Waals surface area contributed by atoms with E-state index in [1.807, 2.05) is 49.6 Å². The highest BCUT2D eigenvalue weighted by Crippen LogP contribution is 2.37. The Hall–Kier alpha value is -4.17. The van der Waals surface area contributed by atoms with Crippen molar-refractivity contribution in [1.29, 1.82) is 0 Å². The van der Waals surface area contributed by atoms with Gasteiger partial charge in [-0.3, -0.25) is 19.6 Å². The van der Waals surface area contributed by atoms with Crippen LogP contribution >= 0.6 is 11.6 Å². The first-order valence-electron chi connectivity index (χ1n) is 11.0. The molecule has 7 nitrogen and oxygen atoms in total. The zero-order chi connectivity index (χ0) is 24.3. The Bertz CT molecular complexity index is 1770. The van der Waals surface area contributed by atoms with Crippen molar-refractivity contribution in [2.24, 2.45) is 0 Å². The lowest BCUT2D eigenvalue weighted by molar-refractivity contribution is 0.639. The molecule has 1 N–H and O–H groups in total. The van der Waals surface area contributed by atoms with Gasteiger partial charge in [-0.2, -0.15) is 5.10 Å². The maximum atomic E-state index is 15.1. The summed E-state index contributed by atoms with van der Waals surface area (Å²) in [5, 5.41) is 8.02. The third-order valence-electron chi connectivity index (χ3n) is 6.01. The van der Waals surface area contributed by atoms with Gasteiger partial charge in [0.05, 0.1) is 27.1 Å². The van der Waals surface area contributed by atoms with Crippen LogP contribution in [0.4, 0.5) is 4.39 Å². The summed E-state index contributed by atoms with van der Waals surface area (Å²) < 4.78 is 17.1. The standard InChI is InChI=1S/C26H19ClFN7/c1-13-10-16(6-8-29-13)17-11-18(26-31-14(2)33-34-26)24-22(12-17)35(15(3)32-24)21-7-9-30-25-19(27)4-5-20(28)23(21)25/h4-12H,1-3H3,(H,31,33,34). The van der Waals surface area contributed by atoms with E-state index in [4.69, 9.17) is 16.6 Å². The molecule has 0 aliphatic heterocycles. The molecule has 9 heteroatoms. The molecule has 0 saturated heterocycles. The molecule has 35 heavy (non-hydrogen) atoms. The Balaban J connectivity index is 1.73. The second-order valence-corrected chi connectivity index (χ2v) is 8.81. The van der Waals surface area contributed by atoms with Gasteiger partial charge >= 0.3 is 0 Å². The summed E-state index contributed by atoms with van der Waals surface area (Å²) in [5.41, 5.74) is 6.12. The molecular formula is C26H19ClFN7. The van der Waals surface area contributed by atoms with Crippen LogP contribution < -0.4 is 0 Å². The smallest absolute Gasteiger partial charge is 0.183 e. The predicted molar refractivity (Wildman–Crippen MR) is 134 cm³/mol. The molecule has 0 aliphatic rings. The molecule has 6 aromatic rings. The number of benzene rings is 2. The van der Waals surface area contributed by atoms with Crippen molar-refractivity contribution in [3.63, 3.8) is 0 Å². The monoisotopic (exact) mass is 483 g/mol. The van der Waals surface area contributed by atoms with Crippen LogP contribution in [0.3, 0.4) is 0 Å². The van der Waals surface area contributed by atoms with Gasteiger partial charge in [0, 0.05) is 23.7 Å². The molecule has 6 rings (SSSR count). The summed E-state index contributed by atoms with van der Waals surface area (Å²) in [5.74, 6) is 1.52. The number of fused-ring (bicyclic) bond motifs is 2. The van der Waals surface area contributed by atoms with Gasteiger partial charge in [-0.15, -0.1) is 0 Å². The third-order valence-corrected chi connectivity index (χ3v) is 6.31. The third kappa shape index (κ3) is 3.45. The molecule has 0 amide bonds. The Morgan fingerprint density at radius 2 is 1.71 bits per heavy atom. The number of aryl methyl sites for hydroxylation is 3. The van der Waals surface area contributed by atoms with Gasteiger partial charge in [0.2, 0.25) is 0 Å². The molecular weight excluding hydrogens is 465 g/mol. The molecule has 0 spiro atoms. The van der Waals surface area contributed by atoms with Crippen LogP contribution in [0.15, 0.2) is 54.9 Å². The maximum Gasteiger partial charge on any atom is 0.183 e. The van der Waals surface area contributed by atoms with Gasteiger partial charge in [0.1, 0.15) is 23.0 Å². The number of aromatic amines is 1. The number of hydrogen-bond donors (Lipinski definition) is 1. The number of imidazole rings is 1. The van der Waals surface area contributed by atoms with Crippen LogP contribution in [0.2, 0.25) is 5.02 Å². The molecule has 0 aliphatic carbocycles. The van der Waals surface area contributed by atoms with E-state index in [2.05, 4.69) is 25.1 Å². The number of halogens is 2. The molecule has 4 heterocycles. The summed E-state index contributed by atoms with van der Waals surface area (Å²) in [6, 6.07) is 12.7. The molecule has 0 atom stereocenters. The molecule has 0 radical (unpaired) electrons. The van der Waals surface area contributed by atoms with E-state index in [1.165, 1.54) is 12.1 Å². The first-order chi connectivity index (χ1) is 16.9. The minimum absolute atomic E-state index is 0.336. The highest BCUT2D eigenvalue weighted by Gasteiger charge is 2.21. The SMILES string of the molecule is Cc1cc(-c2cc(-c3n[nH]c(C)n3)c3nc(C)n(-c4ccnc5c(Cl)ccc(F)c45)c3c2)ccn1. The first-order valence-corrected chi connectivity index (χ1v) is 11.4. The summed E-state index contributed by atoms with van der Waals surface area (Å²) in [6.07, 6.45) is 3.41. The fraction of sp³-hybridized carbons (Fsp3) is 0.115. The van der Waals surface area contributed by atoms with Crippen LogP contribution in [0.5, 0.6) is 0 Å². The van der Waals surface area contributed by atoms with Crippen molar-refractivity contribution in [2.45, 2.75) is 20.8 Å². The molecule has 0 fully saturated rings. The van der Waals surface area contributed by atoms with Gasteiger partial charge in [-0.1, -0.05) is 11.6 Å². The number of nitrogens with zero attached hydrogens (tertiary/aromatic N) is 6. The van der Waals surface area contributed by atoms with Crippen molar-refractivity contribution >= 4 is 33.5 Å². The van der Waals surface area contributed by atoms with Crippen molar-refractivity contribution in [3.05, 3.63) is 83.0 Å². The molecule has 172 valence electrons. The number of aromatic nitrogens is 7. The van der Waals surface area contributed by atoms with Gasteiger partial charge in [0.15, 0.2) is 5.82 Å². The topological polar surface area (TPSA) is 85.2 Å². The Labute approximate surface area is 204 Å². The normalized spacial score (nSPS) is 11.6. The summed E-state index contributed by atoms with van der Waals surface area (Å²) in [6.45, 7) is 5.69. The van der Waals surface area contributed by atoms with E-state index >= 15 is 4.39 Å². The fourth-order valence-electron chi connectivity index (χ4n) is 4.49. The largest absolute Gasteiger partial charge is 0.296 e. The van der Waals surface area contributed by atoms with Gasteiger partial charge in [-0.25, -0.2) is 14.4 Å². The predicted octanol–water partition coefficient (Wildman–Crippen LogP) is 6.14. The zero-order valence-electron chi connectivity index (χ0n) is 19.1. The molecule has 2 aromatic carbocycles. The lowest BCUT2D eigenvalue weighted by Gasteiger charge is -2.13. The average Bonchev–Trinajstić information content (AvgIpc) is 3.42. The maximum absolute atomic E-state index is 15.1. The van der Waals surface area contributed by atoms with E-state index in [9.17, 15) is 0 Å². The summed E-state index contributed by atoms with van der Waals surface area (Å²) in [4.78, 5) is 18.1. The summed E-state index contributed by atoms with van der Waals surface area (Å²) in [7, 11) is 0. The average molecular weight is 484 g/mol. The van der Waals surface area contributed by atoms with Crippen LogP contribution in [0.1, 0.15) is 17.3 Å². The molecule has 4 aromatic heterocycles. The van der Waals surface area contributed by atoms with Crippen LogP contribution in [0, 0.1) is 26.6 Å². The second-order valence-electron chi connectivity index (χ2n) is 8.40. The number of H-pyrrole nitrogens is 1. The number of pyridine rings is 2. The number of nitrogens with one attached hydrogen (secondary N) is 1. The Morgan fingerprint density at radius 3 is 2.49 bits per heavy atom. The highest BCUT2D eigenvalue weighted by atomic mass is 35.5. The quantitative estimate of drug-likeness (QED) is 0.327. The molecule has 0 saturated carbocycles. The zero-order valence-corrected chi connectivity index (χ0v) is 19.9. The minimum atomic E-state index is -0.403. The van der Waals surface area contributed by atoms with Gasteiger partial charge < -0.3 is 0 Å². The van der Waals surface area contributed by atoms with E-state index < -0.39 is 5.82 Å². The Morgan fingerprint density at radius 1 is 0.886 bits per heavy atom. The van der Waals surface area contributed by atoms with Gasteiger partial charge in [0.25, 0.3) is 0 Å². The number of rotatable bonds is 3. The molecule has 0 unspecified atom stereocenters. The lowest BCUT2D eigenvalue weighted by Crippen LogP contribution is -2.01. The van der Waals surface area contributed by atoms with Crippen molar-refractivity contribution in [1.82, 2.24) is 34.7 Å². The minimum Gasteiger partial charge on any atom is -0.296 e. The van der Waals surface area contributed by atoms with Gasteiger partial charge in [-0.05, 0) is 74.4 Å². The van der Waals surface area contributed by atoms with Crippen molar-refractivity contribution in [3.8, 4) is 28.2 Å². The Kier molecular flexibility index (Phi) is 4.86. The highest BCUT2D eigenvalue weighted by molar-refractivity contribution is 6.35. The lowest BCUT2D eigenvalue weighted by atomic mass is 10.0.